The fraction of sp³-hybridized carbons (Fsp3) is 0.750. The fourth-order valence-electron chi connectivity index (χ4n) is 4.43. The third-order valence-electron chi connectivity index (χ3n) is 6.23. The number of rotatable bonds is 1. The standard InChI is InChI=1S/C20H29N2O5.Rb/c1-22-10-6-4-3-5-7-13-12-20(13,19(26)27-2)21-17(24)16-11-14(23)8-9-15(16)18(22)25;/h5,7,13-16H,3-4,6,8-12H2,1-2H3,(H,21,24);/q-1;+1/b7-5-;/t13-,14+,15-,16-,20-;/m1./s1. The molecule has 0 aromatic heterocycles. The SMILES string of the molecule is COC(=O)[C@@]12C[C@H]1/C=C\CCCCN(C)C(=O)[C@@H]1CC[C@H]([O-])C[C@H]1C(=O)N2.[Rb+]. The largest absolute Gasteiger partial charge is 1.00 e. The van der Waals surface area contributed by atoms with Crippen LogP contribution in [0.2, 0.25) is 0 Å². The molecule has 3 rings (SSSR count). The minimum atomic E-state index is -1.05. The number of fused-ring (bicyclic) bond motifs is 2. The van der Waals surface area contributed by atoms with Crippen molar-refractivity contribution in [2.24, 2.45) is 17.8 Å². The zero-order chi connectivity index (χ0) is 19.6. The Balaban J connectivity index is 0.00000280. The molecule has 1 aliphatic heterocycles. The maximum absolute atomic E-state index is 13.0. The van der Waals surface area contributed by atoms with Gasteiger partial charge in [-0.25, -0.2) is 4.79 Å². The van der Waals surface area contributed by atoms with E-state index in [0.717, 1.165) is 19.3 Å². The van der Waals surface area contributed by atoms with Crippen LogP contribution in [0.3, 0.4) is 0 Å². The first-order valence-corrected chi connectivity index (χ1v) is 9.87. The van der Waals surface area contributed by atoms with Crippen LogP contribution >= 0.6 is 0 Å². The van der Waals surface area contributed by atoms with Crippen LogP contribution in [-0.2, 0) is 19.1 Å². The van der Waals surface area contributed by atoms with Gasteiger partial charge in [0.2, 0.25) is 11.8 Å². The summed E-state index contributed by atoms with van der Waals surface area (Å²) in [6.45, 7) is 0.647. The Morgan fingerprint density at radius 2 is 2.04 bits per heavy atom. The van der Waals surface area contributed by atoms with Crippen molar-refractivity contribution in [3.63, 3.8) is 0 Å². The summed E-state index contributed by atoms with van der Waals surface area (Å²) >= 11 is 0. The van der Waals surface area contributed by atoms with Gasteiger partial charge >= 0.3 is 64.2 Å². The summed E-state index contributed by atoms with van der Waals surface area (Å²) in [5.41, 5.74) is -1.05. The topological polar surface area (TPSA) is 98.8 Å². The molecule has 2 amide bonds. The second kappa shape index (κ2) is 10.3. The average Bonchev–Trinajstić information content (AvgIpc) is 3.35. The van der Waals surface area contributed by atoms with Crippen LogP contribution in [0.25, 0.3) is 0 Å². The number of allylic oxidation sites excluding steroid dienone is 1. The third kappa shape index (κ3) is 5.15. The van der Waals surface area contributed by atoms with Gasteiger partial charge in [-0.1, -0.05) is 25.0 Å². The predicted octanol–water partition coefficient (Wildman–Crippen LogP) is -2.62. The number of hydrogen-bond acceptors (Lipinski definition) is 5. The molecule has 0 radical (unpaired) electrons. The summed E-state index contributed by atoms with van der Waals surface area (Å²) in [6, 6.07) is 0. The molecular weight excluding hydrogens is 434 g/mol. The van der Waals surface area contributed by atoms with Crippen LogP contribution in [0.1, 0.15) is 44.9 Å². The quantitative estimate of drug-likeness (QED) is 0.340. The maximum Gasteiger partial charge on any atom is 1.00 e. The van der Waals surface area contributed by atoms with Crippen LogP contribution in [0.5, 0.6) is 0 Å². The zero-order valence-electron chi connectivity index (χ0n) is 17.1. The van der Waals surface area contributed by atoms with E-state index in [-0.39, 0.29) is 82.3 Å². The number of methoxy groups -OCH3 is 1. The molecule has 0 spiro atoms. The molecule has 2 fully saturated rings. The summed E-state index contributed by atoms with van der Waals surface area (Å²) in [7, 11) is 3.07. The van der Waals surface area contributed by atoms with Crippen molar-refractivity contribution in [3.8, 4) is 0 Å². The third-order valence-corrected chi connectivity index (χ3v) is 6.23. The van der Waals surface area contributed by atoms with E-state index in [1.165, 1.54) is 7.11 Å². The van der Waals surface area contributed by atoms with E-state index in [0.29, 0.717) is 25.8 Å². The van der Waals surface area contributed by atoms with Crippen LogP contribution in [-0.4, -0.2) is 55.0 Å². The van der Waals surface area contributed by atoms with E-state index >= 15 is 0 Å². The molecule has 2 aliphatic carbocycles. The Hall–Kier alpha value is -0.0848. The first kappa shape index (κ1) is 24.2. The number of carbonyl (C=O) groups is 3. The first-order chi connectivity index (χ1) is 12.9. The number of carbonyl (C=O) groups excluding carboxylic acids is 3. The van der Waals surface area contributed by atoms with Gasteiger partial charge in [-0.3, -0.25) is 9.59 Å². The summed E-state index contributed by atoms with van der Waals surface area (Å²) < 4.78 is 4.92. The molecule has 0 aromatic carbocycles. The number of ether oxygens (including phenoxy) is 1. The van der Waals surface area contributed by atoms with Crippen molar-refractivity contribution in [1.29, 1.82) is 0 Å². The van der Waals surface area contributed by atoms with E-state index in [1.807, 2.05) is 12.2 Å². The van der Waals surface area contributed by atoms with Gasteiger partial charge in [-0.2, -0.15) is 0 Å². The Morgan fingerprint density at radius 3 is 2.75 bits per heavy atom. The van der Waals surface area contributed by atoms with Gasteiger partial charge in [0.25, 0.3) is 0 Å². The number of amides is 2. The molecule has 28 heavy (non-hydrogen) atoms. The number of hydrogen-bond donors (Lipinski definition) is 1. The smallest absolute Gasteiger partial charge is 0.852 e. The Labute approximate surface area is 215 Å². The summed E-state index contributed by atoms with van der Waals surface area (Å²) in [5, 5.41) is 14.9. The van der Waals surface area contributed by atoms with Crippen molar-refractivity contribution in [3.05, 3.63) is 12.2 Å². The van der Waals surface area contributed by atoms with Gasteiger partial charge in [0.05, 0.1) is 7.11 Å². The zero-order valence-corrected chi connectivity index (χ0v) is 22.0. The van der Waals surface area contributed by atoms with Gasteiger partial charge in [-0.05, 0) is 32.1 Å². The number of nitrogens with one attached hydrogen (secondary N) is 1. The molecule has 0 aromatic rings. The molecule has 1 heterocycles. The molecule has 150 valence electrons. The van der Waals surface area contributed by atoms with Crippen molar-refractivity contribution < 1.29 is 82.4 Å². The fourth-order valence-corrected chi connectivity index (χ4v) is 4.43. The predicted molar refractivity (Wildman–Crippen MR) is 96.2 cm³/mol. The summed E-state index contributed by atoms with van der Waals surface area (Å²) in [6.07, 6.45) is 7.32. The molecule has 8 heteroatoms. The second-order valence-electron chi connectivity index (χ2n) is 8.09. The van der Waals surface area contributed by atoms with Gasteiger partial charge in [0.15, 0.2) is 0 Å². The van der Waals surface area contributed by atoms with Crippen molar-refractivity contribution in [1.82, 2.24) is 10.2 Å². The molecule has 1 N–H and O–H groups in total. The van der Waals surface area contributed by atoms with Crippen LogP contribution in [0.15, 0.2) is 12.2 Å². The Bertz CT molecular complexity index is 640. The van der Waals surface area contributed by atoms with Gasteiger partial charge in [0, 0.05) is 31.3 Å². The van der Waals surface area contributed by atoms with E-state index < -0.39 is 29.4 Å². The number of esters is 1. The molecule has 5 atom stereocenters. The van der Waals surface area contributed by atoms with Crippen LogP contribution in [0, 0.1) is 17.8 Å². The minimum absolute atomic E-state index is 0. The molecule has 0 bridgehead atoms. The number of nitrogens with zero attached hydrogens (tertiary/aromatic N) is 1. The average molecular weight is 463 g/mol. The molecule has 0 unspecified atom stereocenters. The summed E-state index contributed by atoms with van der Waals surface area (Å²) in [4.78, 5) is 40.0. The minimum Gasteiger partial charge on any atom is -0.852 e. The molecule has 7 nitrogen and oxygen atoms in total. The molecule has 2 saturated carbocycles. The van der Waals surface area contributed by atoms with E-state index in [2.05, 4.69) is 5.32 Å². The Kier molecular flexibility index (Phi) is 8.89. The molecular formula is C20H29N2O5Rb. The molecule has 0 saturated heterocycles. The van der Waals surface area contributed by atoms with Crippen molar-refractivity contribution in [2.75, 3.05) is 20.7 Å². The van der Waals surface area contributed by atoms with E-state index in [4.69, 9.17) is 4.74 Å². The van der Waals surface area contributed by atoms with Gasteiger partial charge in [-0.15, -0.1) is 6.10 Å². The van der Waals surface area contributed by atoms with Crippen LogP contribution < -0.4 is 68.6 Å². The molecule has 3 aliphatic rings. The maximum atomic E-state index is 13.0. The van der Waals surface area contributed by atoms with E-state index in [9.17, 15) is 19.5 Å². The summed E-state index contributed by atoms with van der Waals surface area (Å²) in [5.74, 6) is -2.20. The van der Waals surface area contributed by atoms with E-state index in [1.54, 1.807) is 11.9 Å². The van der Waals surface area contributed by atoms with Gasteiger partial charge < -0.3 is 20.1 Å². The monoisotopic (exact) mass is 462 g/mol. The van der Waals surface area contributed by atoms with Crippen molar-refractivity contribution >= 4 is 17.8 Å². The van der Waals surface area contributed by atoms with Gasteiger partial charge in [0.1, 0.15) is 5.54 Å². The second-order valence-corrected chi connectivity index (χ2v) is 8.09. The van der Waals surface area contributed by atoms with Crippen molar-refractivity contribution in [2.45, 2.75) is 56.6 Å². The normalized spacial score (nSPS) is 37.3. The first-order valence-electron chi connectivity index (χ1n) is 9.87. The van der Waals surface area contributed by atoms with Crippen LogP contribution in [0.4, 0.5) is 0 Å². The Morgan fingerprint density at radius 1 is 1.29 bits per heavy atom.